The van der Waals surface area contributed by atoms with Gasteiger partial charge in [-0.15, -0.1) is 24.0 Å². The lowest BCUT2D eigenvalue weighted by molar-refractivity contribution is 0.517. The van der Waals surface area contributed by atoms with E-state index in [2.05, 4.69) is 27.7 Å². The Balaban J connectivity index is 0.00000147. The summed E-state index contributed by atoms with van der Waals surface area (Å²) in [7, 11) is 0. The zero-order chi connectivity index (χ0) is 12.9. The molecule has 2 heterocycles. The van der Waals surface area contributed by atoms with Crippen molar-refractivity contribution in [3.8, 4) is 0 Å². The van der Waals surface area contributed by atoms with Crippen LogP contribution in [-0.4, -0.2) is 36.3 Å². The maximum Gasteiger partial charge on any atom is 0.401 e. The summed E-state index contributed by atoms with van der Waals surface area (Å²) in [5.41, 5.74) is 1.10. The molecule has 20 heavy (non-hydrogen) atoms. The number of likely N-dealkylation sites (tertiary alicyclic amines) is 1. The Morgan fingerprint density at radius 2 is 1.85 bits per heavy atom. The third-order valence-corrected chi connectivity index (χ3v) is 3.60. The Morgan fingerprint density at radius 1 is 1.10 bits per heavy atom. The Hall–Kier alpha value is -1.20. The second-order valence-electron chi connectivity index (χ2n) is 5.10. The first-order valence-electron chi connectivity index (χ1n) is 7.17. The summed E-state index contributed by atoms with van der Waals surface area (Å²) in [5.74, 6) is 2.11. The zero-order valence-corrected chi connectivity index (χ0v) is 14.0. The minimum absolute atomic E-state index is 0. The van der Waals surface area contributed by atoms with E-state index in [0.29, 0.717) is 0 Å². The number of nitrogens with one attached hydrogen (secondary N) is 2. The smallest absolute Gasteiger partial charge is 0.313 e. The molecule has 2 aliphatic rings. The molecule has 0 radical (unpaired) electrons. The highest BCUT2D eigenvalue weighted by Crippen LogP contribution is 2.10. The van der Waals surface area contributed by atoms with Gasteiger partial charge in [-0.05, 0) is 31.4 Å². The number of para-hydroxylation sites is 1. The van der Waals surface area contributed by atoms with Crippen molar-refractivity contribution in [2.45, 2.75) is 25.7 Å². The van der Waals surface area contributed by atoms with Crippen LogP contribution in [0.15, 0.2) is 30.3 Å². The molecule has 0 bridgehead atoms. The first kappa shape index (κ1) is 15.2. The molecule has 0 saturated carbocycles. The number of hydrogen-bond acceptors (Lipinski definition) is 0. The minimum atomic E-state index is 0. The third-order valence-electron chi connectivity index (χ3n) is 3.60. The van der Waals surface area contributed by atoms with E-state index in [1.165, 1.54) is 19.3 Å². The highest BCUT2D eigenvalue weighted by Gasteiger charge is 2.24. The molecule has 5 heteroatoms. The van der Waals surface area contributed by atoms with Crippen molar-refractivity contribution in [2.24, 2.45) is 0 Å². The van der Waals surface area contributed by atoms with Crippen molar-refractivity contribution in [1.29, 1.82) is 0 Å². The van der Waals surface area contributed by atoms with E-state index in [-0.39, 0.29) is 24.0 Å². The van der Waals surface area contributed by atoms with Gasteiger partial charge in [0.2, 0.25) is 0 Å². The van der Waals surface area contributed by atoms with Gasteiger partial charge in [-0.1, -0.05) is 18.2 Å². The lowest BCUT2D eigenvalue weighted by atomic mass is 10.3. The van der Waals surface area contributed by atoms with E-state index in [0.717, 1.165) is 43.5 Å². The van der Waals surface area contributed by atoms with Gasteiger partial charge in [0.05, 0.1) is 25.3 Å². The molecule has 2 aliphatic heterocycles. The van der Waals surface area contributed by atoms with E-state index in [1.54, 1.807) is 0 Å². The van der Waals surface area contributed by atoms with Crippen molar-refractivity contribution in [3.63, 3.8) is 0 Å². The molecule has 1 aromatic rings. The van der Waals surface area contributed by atoms with Gasteiger partial charge >= 0.3 is 5.96 Å². The Bertz CT molecular complexity index is 480. The fraction of sp³-hybridized carbons (Fsp3) is 0.467. The summed E-state index contributed by atoms with van der Waals surface area (Å²) in [6.45, 7) is 3.26. The van der Waals surface area contributed by atoms with E-state index >= 15 is 0 Å². The summed E-state index contributed by atoms with van der Waals surface area (Å²) < 4.78 is 4.79. The molecule has 0 aliphatic carbocycles. The number of nitrogens with zero attached hydrogens (tertiary/aromatic N) is 2. The van der Waals surface area contributed by atoms with Gasteiger partial charge in [0.1, 0.15) is 0 Å². The van der Waals surface area contributed by atoms with Crippen molar-refractivity contribution >= 4 is 41.5 Å². The predicted molar refractivity (Wildman–Crippen MR) is 95.7 cm³/mol. The summed E-state index contributed by atoms with van der Waals surface area (Å²) in [4.78, 5) is 2.35. The van der Waals surface area contributed by atoms with Crippen LogP contribution in [0.1, 0.15) is 25.7 Å². The van der Waals surface area contributed by atoms with Crippen LogP contribution in [0.25, 0.3) is 0 Å². The Labute approximate surface area is 137 Å². The Morgan fingerprint density at radius 3 is 2.50 bits per heavy atom. The molecule has 0 spiro atoms. The molecule has 3 rings (SSSR count). The topological polar surface area (TPSA) is 41.4 Å². The van der Waals surface area contributed by atoms with Gasteiger partial charge in [0, 0.05) is 6.42 Å². The number of hydrogen-bond donors (Lipinski definition) is 2. The minimum Gasteiger partial charge on any atom is -0.313 e. The third kappa shape index (κ3) is 3.90. The zero-order valence-electron chi connectivity index (χ0n) is 11.6. The molecule has 1 aromatic carbocycles. The lowest BCUT2D eigenvalue weighted by Crippen LogP contribution is -2.37. The molecule has 2 N–H and O–H groups in total. The van der Waals surface area contributed by atoms with E-state index in [1.807, 2.05) is 18.2 Å². The fourth-order valence-corrected chi connectivity index (χ4v) is 2.56. The average molecular weight is 385 g/mol. The molecule has 2 saturated heterocycles. The van der Waals surface area contributed by atoms with Gasteiger partial charge in [0.15, 0.2) is 0 Å². The average Bonchev–Trinajstić information content (AvgIpc) is 3.12. The van der Waals surface area contributed by atoms with Gasteiger partial charge in [-0.3, -0.25) is 10.2 Å². The standard InChI is InChI=1S/C15H20N4.HI/c1-2-7-13(8-3-1)17-15(19-11-4-5-12-19)18-14-9-6-10-16-14;/h1-3,7-8H,4-6,9-12H2,(H,16,17,18);1H/p+1. The molecule has 0 amide bonds. The second-order valence-corrected chi connectivity index (χ2v) is 5.10. The summed E-state index contributed by atoms with van der Waals surface area (Å²) in [6, 6.07) is 10.3. The number of halogens is 1. The molecule has 0 aromatic heterocycles. The molecule has 4 nitrogen and oxygen atoms in total. The monoisotopic (exact) mass is 385 g/mol. The maximum absolute atomic E-state index is 4.79. The fourth-order valence-electron chi connectivity index (χ4n) is 2.56. The van der Waals surface area contributed by atoms with Crippen LogP contribution >= 0.6 is 24.0 Å². The summed E-state index contributed by atoms with van der Waals surface area (Å²) in [5, 5.41) is 6.82. The first-order chi connectivity index (χ1) is 9.42. The van der Waals surface area contributed by atoms with Crippen LogP contribution in [0.5, 0.6) is 0 Å². The lowest BCUT2D eigenvalue weighted by Gasteiger charge is -2.12. The number of guanidine groups is 1. The van der Waals surface area contributed by atoms with Crippen LogP contribution in [0, 0.1) is 0 Å². The summed E-state index contributed by atoms with van der Waals surface area (Å²) >= 11 is 0. The second kappa shape index (κ2) is 7.55. The number of benzene rings is 1. The van der Waals surface area contributed by atoms with Gasteiger partial charge < -0.3 is 5.32 Å². The highest BCUT2D eigenvalue weighted by molar-refractivity contribution is 14.0. The SMILES string of the molecule is I.c1ccc(NC(=[N+]=C2CCCN2)N2CCCC2)cc1. The molecule has 2 fully saturated rings. The van der Waals surface area contributed by atoms with Gasteiger partial charge in [0.25, 0.3) is 5.84 Å². The van der Waals surface area contributed by atoms with Crippen LogP contribution in [0.2, 0.25) is 0 Å². The quantitative estimate of drug-likeness (QED) is 0.337. The number of amidine groups is 1. The van der Waals surface area contributed by atoms with Crippen molar-refractivity contribution in [1.82, 2.24) is 14.9 Å². The molecule has 0 unspecified atom stereocenters. The normalized spacial score (nSPS) is 17.2. The summed E-state index contributed by atoms with van der Waals surface area (Å²) in [6.07, 6.45) is 4.78. The van der Waals surface area contributed by atoms with E-state index in [4.69, 9.17) is 4.67 Å². The molecular weight excluding hydrogens is 363 g/mol. The molecular formula is C15H22IN4+. The van der Waals surface area contributed by atoms with Crippen molar-refractivity contribution < 1.29 is 0 Å². The molecule has 108 valence electrons. The highest BCUT2D eigenvalue weighted by atomic mass is 127. The van der Waals surface area contributed by atoms with Gasteiger partial charge in [-0.25, -0.2) is 4.67 Å². The predicted octanol–water partition coefficient (Wildman–Crippen LogP) is 2.02. The Kier molecular flexibility index (Phi) is 5.73. The largest absolute Gasteiger partial charge is 0.401 e. The van der Waals surface area contributed by atoms with Crippen LogP contribution in [0.3, 0.4) is 0 Å². The van der Waals surface area contributed by atoms with E-state index in [9.17, 15) is 0 Å². The molecule has 0 atom stereocenters. The number of anilines is 1. The first-order valence-corrected chi connectivity index (χ1v) is 7.17. The van der Waals surface area contributed by atoms with Crippen LogP contribution < -0.4 is 15.3 Å². The van der Waals surface area contributed by atoms with Crippen LogP contribution in [0.4, 0.5) is 5.69 Å². The van der Waals surface area contributed by atoms with Crippen LogP contribution in [-0.2, 0) is 0 Å². The number of rotatable bonds is 1. The van der Waals surface area contributed by atoms with E-state index < -0.39 is 0 Å². The van der Waals surface area contributed by atoms with Crippen molar-refractivity contribution in [2.75, 3.05) is 25.0 Å². The maximum atomic E-state index is 4.79. The van der Waals surface area contributed by atoms with Gasteiger partial charge in [-0.2, -0.15) is 0 Å². The van der Waals surface area contributed by atoms with Crippen molar-refractivity contribution in [3.05, 3.63) is 30.3 Å².